The van der Waals surface area contributed by atoms with Crippen LogP contribution < -0.4 is 15.5 Å². The Morgan fingerprint density at radius 1 is 1.33 bits per heavy atom. The molecule has 0 aromatic heterocycles. The van der Waals surface area contributed by atoms with E-state index in [2.05, 4.69) is 21.7 Å². The monoisotopic (exact) mass is 446 g/mol. The molecule has 2 N–H and O–H groups in total. The Hall–Kier alpha value is -1.35. The molecule has 1 heterocycles. The number of hydrogen-bond acceptors (Lipinski definition) is 3. The van der Waals surface area contributed by atoms with Crippen molar-refractivity contribution in [2.75, 3.05) is 38.7 Å². The molecule has 1 aromatic carbocycles. The van der Waals surface area contributed by atoms with Gasteiger partial charge in [0.1, 0.15) is 0 Å². The molecule has 0 bridgehead atoms. The van der Waals surface area contributed by atoms with Gasteiger partial charge in [0, 0.05) is 32.9 Å². The fourth-order valence-electron chi connectivity index (χ4n) is 2.44. The summed E-state index contributed by atoms with van der Waals surface area (Å²) in [5, 5.41) is 6.23. The van der Waals surface area contributed by atoms with Crippen molar-refractivity contribution in [3.05, 3.63) is 29.8 Å². The van der Waals surface area contributed by atoms with Gasteiger partial charge < -0.3 is 20.3 Å². The van der Waals surface area contributed by atoms with Crippen LogP contribution in [0.1, 0.15) is 19.4 Å². The fourth-order valence-corrected chi connectivity index (χ4v) is 2.44. The van der Waals surface area contributed by atoms with Gasteiger partial charge in [0.15, 0.2) is 5.96 Å². The second kappa shape index (κ2) is 9.22. The third-order valence-electron chi connectivity index (χ3n) is 4.05. The van der Waals surface area contributed by atoms with Gasteiger partial charge in [0.05, 0.1) is 12.1 Å². The summed E-state index contributed by atoms with van der Waals surface area (Å²) in [6.45, 7) is 5.52. The second-order valence-electron chi connectivity index (χ2n) is 6.17. The lowest BCUT2D eigenvalue weighted by atomic mass is 10.1. The van der Waals surface area contributed by atoms with Crippen molar-refractivity contribution in [3.8, 4) is 0 Å². The maximum Gasteiger partial charge on any atom is 0.246 e. The average Bonchev–Trinajstić information content (AvgIpc) is 2.99. The molecule has 0 saturated carbocycles. The lowest BCUT2D eigenvalue weighted by molar-refractivity contribution is -0.117. The lowest BCUT2D eigenvalue weighted by Crippen LogP contribution is -2.48. The number of carbonyl (C=O) groups excluding carboxylic acids is 1. The van der Waals surface area contributed by atoms with E-state index < -0.39 is 0 Å². The zero-order chi connectivity index (χ0) is 16.9. The number of nitrogens with one attached hydrogen (secondary N) is 2. The molecule has 0 aliphatic carbocycles. The van der Waals surface area contributed by atoms with E-state index in [0.717, 1.165) is 18.7 Å². The molecule has 24 heavy (non-hydrogen) atoms. The zero-order valence-electron chi connectivity index (χ0n) is 14.8. The van der Waals surface area contributed by atoms with Crippen LogP contribution in [0.2, 0.25) is 0 Å². The normalized spacial score (nSPS) is 14.0. The molecule has 0 spiro atoms. The number of ether oxygens (including phenoxy) is 1. The number of halogens is 1. The van der Waals surface area contributed by atoms with E-state index in [0.29, 0.717) is 12.5 Å². The van der Waals surface area contributed by atoms with Gasteiger partial charge in [-0.15, -0.1) is 24.0 Å². The summed E-state index contributed by atoms with van der Waals surface area (Å²) in [6, 6.07) is 8.04. The molecule has 0 atom stereocenters. The summed E-state index contributed by atoms with van der Waals surface area (Å²) in [5.41, 5.74) is 1.95. The van der Waals surface area contributed by atoms with Gasteiger partial charge in [-0.1, -0.05) is 18.2 Å². The first-order valence-corrected chi connectivity index (χ1v) is 7.85. The molecule has 7 heteroatoms. The number of anilines is 1. The van der Waals surface area contributed by atoms with Gasteiger partial charge in [-0.3, -0.25) is 9.79 Å². The molecular weight excluding hydrogens is 419 g/mol. The minimum atomic E-state index is -0.296. The number of aliphatic imine (C=N–C) groups is 1. The summed E-state index contributed by atoms with van der Waals surface area (Å²) >= 11 is 0. The van der Waals surface area contributed by atoms with E-state index in [1.807, 2.05) is 36.9 Å². The van der Waals surface area contributed by atoms with E-state index >= 15 is 0 Å². The Morgan fingerprint density at radius 2 is 2.04 bits per heavy atom. The number of para-hydroxylation sites is 1. The van der Waals surface area contributed by atoms with Crippen molar-refractivity contribution in [2.45, 2.75) is 25.9 Å². The first-order valence-electron chi connectivity index (χ1n) is 7.85. The summed E-state index contributed by atoms with van der Waals surface area (Å²) in [7, 11) is 3.36. The fraction of sp³-hybridized carbons (Fsp3) is 0.529. The maximum atomic E-state index is 12.4. The van der Waals surface area contributed by atoms with Gasteiger partial charge in [0.2, 0.25) is 5.91 Å². The third-order valence-corrected chi connectivity index (χ3v) is 4.05. The van der Waals surface area contributed by atoms with Gasteiger partial charge >= 0.3 is 0 Å². The van der Waals surface area contributed by atoms with Gasteiger partial charge in [0.25, 0.3) is 0 Å². The molecule has 6 nitrogen and oxygen atoms in total. The average molecular weight is 446 g/mol. The van der Waals surface area contributed by atoms with Crippen LogP contribution in [-0.4, -0.2) is 51.3 Å². The Balaban J connectivity index is 0.00000288. The Bertz CT molecular complexity index is 590. The SMILES string of the molecule is CN=C(NCC(=O)N1CCc2ccccc21)NCC(C)(C)OC.I. The standard InChI is InChI=1S/C17H26N4O2.HI/c1-17(2,23-4)12-20-16(18-3)19-11-15(22)21-10-9-13-7-5-6-8-14(13)21;/h5-8H,9-12H2,1-4H3,(H2,18,19,20);1H. The number of fused-ring (bicyclic) bond motifs is 1. The number of benzene rings is 1. The molecule has 0 unspecified atom stereocenters. The highest BCUT2D eigenvalue weighted by Crippen LogP contribution is 2.27. The summed E-state index contributed by atoms with van der Waals surface area (Å²) in [5.74, 6) is 0.639. The Labute approximate surface area is 161 Å². The maximum absolute atomic E-state index is 12.4. The highest BCUT2D eigenvalue weighted by molar-refractivity contribution is 14.0. The highest BCUT2D eigenvalue weighted by Gasteiger charge is 2.24. The molecule has 1 amide bonds. The van der Waals surface area contributed by atoms with Crippen LogP contribution >= 0.6 is 24.0 Å². The van der Waals surface area contributed by atoms with Crippen molar-refractivity contribution in [1.82, 2.24) is 10.6 Å². The zero-order valence-corrected chi connectivity index (χ0v) is 17.1. The van der Waals surface area contributed by atoms with Crippen LogP contribution in [0.15, 0.2) is 29.3 Å². The molecule has 0 saturated heterocycles. The van der Waals surface area contributed by atoms with Crippen molar-refractivity contribution in [1.29, 1.82) is 0 Å². The smallest absolute Gasteiger partial charge is 0.246 e. The van der Waals surface area contributed by atoms with Crippen LogP contribution in [0.3, 0.4) is 0 Å². The molecular formula is C17H27IN4O2. The molecule has 2 rings (SSSR count). The van der Waals surface area contributed by atoms with E-state index in [9.17, 15) is 4.79 Å². The molecule has 134 valence electrons. The summed E-state index contributed by atoms with van der Waals surface area (Å²) in [4.78, 5) is 18.4. The van der Waals surface area contributed by atoms with Gasteiger partial charge in [-0.05, 0) is 31.9 Å². The van der Waals surface area contributed by atoms with Crippen molar-refractivity contribution < 1.29 is 9.53 Å². The van der Waals surface area contributed by atoms with Crippen LogP contribution in [-0.2, 0) is 16.0 Å². The van der Waals surface area contributed by atoms with E-state index in [-0.39, 0.29) is 42.0 Å². The van der Waals surface area contributed by atoms with Crippen LogP contribution in [0.4, 0.5) is 5.69 Å². The van der Waals surface area contributed by atoms with E-state index in [1.54, 1.807) is 14.2 Å². The second-order valence-corrected chi connectivity index (χ2v) is 6.17. The minimum absolute atomic E-state index is 0. The highest BCUT2D eigenvalue weighted by atomic mass is 127. The quantitative estimate of drug-likeness (QED) is 0.411. The molecule has 0 fully saturated rings. The summed E-state index contributed by atoms with van der Waals surface area (Å²) < 4.78 is 5.36. The van der Waals surface area contributed by atoms with E-state index in [4.69, 9.17) is 4.74 Å². The van der Waals surface area contributed by atoms with E-state index in [1.165, 1.54) is 5.56 Å². The number of guanidine groups is 1. The predicted molar refractivity (Wildman–Crippen MR) is 108 cm³/mol. The number of nitrogens with zero attached hydrogens (tertiary/aromatic N) is 2. The Morgan fingerprint density at radius 3 is 2.71 bits per heavy atom. The lowest BCUT2D eigenvalue weighted by Gasteiger charge is -2.24. The first-order chi connectivity index (χ1) is 11.0. The number of amides is 1. The number of hydrogen-bond donors (Lipinski definition) is 2. The number of methoxy groups -OCH3 is 1. The van der Waals surface area contributed by atoms with Crippen molar-refractivity contribution in [2.24, 2.45) is 4.99 Å². The predicted octanol–water partition coefficient (Wildman–Crippen LogP) is 1.78. The first kappa shape index (κ1) is 20.7. The van der Waals surface area contributed by atoms with Crippen LogP contribution in [0.25, 0.3) is 0 Å². The van der Waals surface area contributed by atoms with Gasteiger partial charge in [-0.2, -0.15) is 0 Å². The molecule has 1 aliphatic heterocycles. The minimum Gasteiger partial charge on any atom is -0.377 e. The third kappa shape index (κ3) is 5.34. The topological polar surface area (TPSA) is 66.0 Å². The van der Waals surface area contributed by atoms with Crippen molar-refractivity contribution in [3.63, 3.8) is 0 Å². The number of carbonyl (C=O) groups is 1. The molecule has 1 aliphatic rings. The number of rotatable bonds is 5. The van der Waals surface area contributed by atoms with Crippen molar-refractivity contribution >= 4 is 41.5 Å². The molecule has 0 radical (unpaired) electrons. The Kier molecular flexibility index (Phi) is 7.95. The van der Waals surface area contributed by atoms with Crippen LogP contribution in [0.5, 0.6) is 0 Å². The molecule has 1 aromatic rings. The van der Waals surface area contributed by atoms with Crippen LogP contribution in [0, 0.1) is 0 Å². The van der Waals surface area contributed by atoms with Gasteiger partial charge in [-0.25, -0.2) is 0 Å². The largest absolute Gasteiger partial charge is 0.377 e. The summed E-state index contributed by atoms with van der Waals surface area (Å²) in [6.07, 6.45) is 0.914.